The van der Waals surface area contributed by atoms with Gasteiger partial charge in [0.25, 0.3) is 0 Å². The molecule has 0 saturated heterocycles. The molecule has 1 aromatic carbocycles. The lowest BCUT2D eigenvalue weighted by Gasteiger charge is -2.22. The Morgan fingerprint density at radius 3 is 2.77 bits per heavy atom. The number of hydrogen-bond donors (Lipinski definition) is 2. The van der Waals surface area contributed by atoms with Gasteiger partial charge in [-0.05, 0) is 32.9 Å². The average molecular weight is 490 g/mol. The van der Waals surface area contributed by atoms with E-state index in [0.717, 1.165) is 6.07 Å². The number of nitrogen functional groups attached to an aromatic ring is 1. The van der Waals surface area contributed by atoms with Crippen LogP contribution >= 0.6 is 0 Å². The number of hydrogen-bond acceptors (Lipinski definition) is 8. The third-order valence-corrected chi connectivity index (χ3v) is 5.67. The highest BCUT2D eigenvalue weighted by molar-refractivity contribution is 5.85. The number of ether oxygens (including phenoxy) is 2. The topological polar surface area (TPSA) is 112 Å². The zero-order chi connectivity index (χ0) is 25.2. The number of aromatic nitrogens is 5. The first-order valence-electron chi connectivity index (χ1n) is 11.0. The number of halogens is 2. The van der Waals surface area contributed by atoms with Crippen molar-refractivity contribution in [3.63, 3.8) is 0 Å². The molecule has 11 heteroatoms. The van der Waals surface area contributed by atoms with Gasteiger partial charge in [-0.3, -0.25) is 0 Å². The Morgan fingerprint density at radius 2 is 2.03 bits per heavy atom. The fraction of sp³-hybridized carbons (Fsp3) is 0.333. The lowest BCUT2D eigenvalue weighted by Crippen LogP contribution is -2.25. The quantitative estimate of drug-likeness (QED) is 0.332. The molecule has 190 valence electrons. The monoisotopic (exact) mass is 489 g/mol. The third-order valence-electron chi connectivity index (χ3n) is 5.67. The van der Waals surface area contributed by atoms with Crippen LogP contribution in [0.5, 0.6) is 6.01 Å². The van der Waals surface area contributed by atoms with Gasteiger partial charge in [-0.1, -0.05) is 6.07 Å². The van der Waals surface area contributed by atoms with Gasteiger partial charge >= 0.3 is 6.01 Å². The summed E-state index contributed by atoms with van der Waals surface area (Å²) in [7, 11) is 1.63. The number of rotatable bonds is 9. The molecule has 0 saturated carbocycles. The molecular weight excluding hydrogens is 456 g/mol. The number of nitrogens with zero attached hydrogens (tertiary/aromatic N) is 5. The molecule has 9 nitrogen and oxygen atoms in total. The van der Waals surface area contributed by atoms with Crippen molar-refractivity contribution in [2.24, 2.45) is 0 Å². The van der Waals surface area contributed by atoms with Gasteiger partial charge < -0.3 is 20.5 Å². The van der Waals surface area contributed by atoms with E-state index < -0.39 is 17.7 Å². The first-order chi connectivity index (χ1) is 16.7. The van der Waals surface area contributed by atoms with Crippen molar-refractivity contribution >= 4 is 17.3 Å². The number of fused-ring (bicyclic) bond motifs is 1. The molecule has 3 heterocycles. The first kappa shape index (κ1) is 24.3. The molecule has 0 fully saturated rings. The third kappa shape index (κ3) is 5.46. The van der Waals surface area contributed by atoms with Crippen LogP contribution in [-0.4, -0.2) is 43.9 Å². The second-order valence-corrected chi connectivity index (χ2v) is 8.66. The molecule has 4 rings (SSSR count). The fourth-order valence-electron chi connectivity index (χ4n) is 3.48. The summed E-state index contributed by atoms with van der Waals surface area (Å²) in [5.74, 6) is -0.707. The van der Waals surface area contributed by atoms with E-state index in [-0.39, 0.29) is 27.3 Å². The van der Waals surface area contributed by atoms with Crippen molar-refractivity contribution in [1.82, 2.24) is 24.6 Å². The second kappa shape index (κ2) is 9.79. The van der Waals surface area contributed by atoms with E-state index in [1.165, 1.54) is 12.1 Å². The summed E-state index contributed by atoms with van der Waals surface area (Å²) >= 11 is 0. The van der Waals surface area contributed by atoms with E-state index in [2.05, 4.69) is 25.4 Å². The minimum atomic E-state index is -0.659. The Morgan fingerprint density at radius 1 is 1.23 bits per heavy atom. The maximum absolute atomic E-state index is 14.3. The SMILES string of the molecule is COC(C)(C)CCOc1nc(N[C@@H](C)c2ccc(F)cc2F)cc(-c2c(N)nn3cccnc23)n1.[HH].[HH].[HH]. The molecule has 0 aliphatic rings. The highest BCUT2D eigenvalue weighted by Crippen LogP contribution is 2.31. The maximum Gasteiger partial charge on any atom is 0.318 e. The number of nitrogens with two attached hydrogens (primary N) is 1. The van der Waals surface area contributed by atoms with Gasteiger partial charge in [0, 0.05) is 47.9 Å². The van der Waals surface area contributed by atoms with Crippen molar-refractivity contribution in [3.05, 3.63) is 59.9 Å². The second-order valence-electron chi connectivity index (χ2n) is 8.66. The molecular formula is C24H33F2N7O2. The van der Waals surface area contributed by atoms with Crippen LogP contribution in [-0.2, 0) is 4.74 Å². The molecule has 0 aliphatic heterocycles. The van der Waals surface area contributed by atoms with Crippen LogP contribution in [0.25, 0.3) is 16.9 Å². The minimum Gasteiger partial charge on any atom is -0.463 e. The van der Waals surface area contributed by atoms with Gasteiger partial charge in [-0.2, -0.15) is 9.97 Å². The molecule has 4 aromatic rings. The predicted octanol–water partition coefficient (Wildman–Crippen LogP) is 5.15. The molecule has 0 bridgehead atoms. The molecule has 0 radical (unpaired) electrons. The number of methoxy groups -OCH3 is 1. The van der Waals surface area contributed by atoms with Crippen molar-refractivity contribution in [2.45, 2.75) is 38.8 Å². The smallest absolute Gasteiger partial charge is 0.318 e. The maximum atomic E-state index is 14.3. The summed E-state index contributed by atoms with van der Waals surface area (Å²) in [5, 5.41) is 7.43. The highest BCUT2D eigenvalue weighted by Gasteiger charge is 2.21. The molecule has 3 N–H and O–H groups in total. The van der Waals surface area contributed by atoms with Gasteiger partial charge in [0.15, 0.2) is 11.5 Å². The summed E-state index contributed by atoms with van der Waals surface area (Å²) in [6, 6.07) is 6.40. The Labute approximate surface area is 205 Å². The standard InChI is InChI=1S/C24H27F2N7O2.3H2/c1-14(16-7-6-15(25)12-17(16)26)29-19-13-18(20-21(27)32-33-10-5-9-28-22(20)33)30-23(31-19)35-11-8-24(2,3)34-4;;;/h5-7,9-10,12-14H,8,11H2,1-4H3,(H2,27,32)(H,29,30,31);3*1H/t14-;;;/m0.../s1. The Kier molecular flexibility index (Phi) is 6.79. The Bertz CT molecular complexity index is 1360. The molecule has 3 aromatic heterocycles. The highest BCUT2D eigenvalue weighted by atomic mass is 19.1. The van der Waals surface area contributed by atoms with Crippen LogP contribution in [0.1, 0.15) is 43.1 Å². The first-order valence-corrected chi connectivity index (χ1v) is 11.0. The summed E-state index contributed by atoms with van der Waals surface area (Å²) in [6.45, 7) is 5.94. The summed E-state index contributed by atoms with van der Waals surface area (Å²) in [4.78, 5) is 13.3. The van der Waals surface area contributed by atoms with Gasteiger partial charge in [0.2, 0.25) is 0 Å². The van der Waals surface area contributed by atoms with Crippen LogP contribution < -0.4 is 15.8 Å². The van der Waals surface area contributed by atoms with Crippen molar-refractivity contribution in [1.29, 1.82) is 0 Å². The van der Waals surface area contributed by atoms with E-state index in [0.29, 0.717) is 35.8 Å². The largest absolute Gasteiger partial charge is 0.463 e. The number of nitrogens with one attached hydrogen (secondary N) is 1. The van der Waals surface area contributed by atoms with Crippen LogP contribution in [0, 0.1) is 11.6 Å². The fourth-order valence-corrected chi connectivity index (χ4v) is 3.48. The van der Waals surface area contributed by atoms with Crippen LogP contribution in [0.3, 0.4) is 0 Å². The summed E-state index contributed by atoms with van der Waals surface area (Å²) in [6.07, 6.45) is 3.95. The van der Waals surface area contributed by atoms with Gasteiger partial charge in [-0.15, -0.1) is 5.10 Å². The summed E-state index contributed by atoms with van der Waals surface area (Å²) < 4.78 is 40.5. The number of benzene rings is 1. The molecule has 1 atom stereocenters. The summed E-state index contributed by atoms with van der Waals surface area (Å²) in [5.41, 5.74) is 7.55. The molecule has 35 heavy (non-hydrogen) atoms. The molecule has 0 spiro atoms. The van der Waals surface area contributed by atoms with Crippen molar-refractivity contribution in [2.75, 3.05) is 24.8 Å². The lowest BCUT2D eigenvalue weighted by atomic mass is 10.1. The average Bonchev–Trinajstić information content (AvgIpc) is 3.14. The lowest BCUT2D eigenvalue weighted by molar-refractivity contribution is 0.00469. The van der Waals surface area contributed by atoms with Crippen LogP contribution in [0.15, 0.2) is 42.7 Å². The minimum absolute atomic E-state index is 0. The normalized spacial score (nSPS) is 12.6. The zero-order valence-corrected chi connectivity index (χ0v) is 19.9. The van der Waals surface area contributed by atoms with E-state index in [1.807, 2.05) is 13.8 Å². The molecule has 0 unspecified atom stereocenters. The molecule has 0 amide bonds. The van der Waals surface area contributed by atoms with Crippen LogP contribution in [0.2, 0.25) is 0 Å². The van der Waals surface area contributed by atoms with E-state index in [4.69, 9.17) is 15.2 Å². The molecule has 0 aliphatic carbocycles. The Balaban J connectivity index is 0.00000241. The van der Waals surface area contributed by atoms with E-state index >= 15 is 0 Å². The van der Waals surface area contributed by atoms with Gasteiger partial charge in [0.05, 0.1) is 29.5 Å². The Hall–Kier alpha value is -3.86. The van der Waals surface area contributed by atoms with Crippen molar-refractivity contribution < 1.29 is 22.5 Å². The van der Waals surface area contributed by atoms with Gasteiger partial charge in [0.1, 0.15) is 17.5 Å². The van der Waals surface area contributed by atoms with Gasteiger partial charge in [-0.25, -0.2) is 18.3 Å². The van der Waals surface area contributed by atoms with Crippen molar-refractivity contribution in [3.8, 4) is 17.3 Å². The predicted molar refractivity (Wildman–Crippen MR) is 134 cm³/mol. The van der Waals surface area contributed by atoms with Crippen LogP contribution in [0.4, 0.5) is 20.4 Å². The number of anilines is 2. The van der Waals surface area contributed by atoms with E-state index in [1.54, 1.807) is 43.1 Å². The zero-order valence-electron chi connectivity index (χ0n) is 19.9. The van der Waals surface area contributed by atoms with E-state index in [9.17, 15) is 8.78 Å².